The van der Waals surface area contributed by atoms with Crippen LogP contribution in [0.4, 0.5) is 4.39 Å². The van der Waals surface area contributed by atoms with Gasteiger partial charge in [0.25, 0.3) is 0 Å². The summed E-state index contributed by atoms with van der Waals surface area (Å²) in [5.74, 6) is -1.06. The minimum Gasteiger partial charge on any atom is -0.468 e. The van der Waals surface area contributed by atoms with Crippen molar-refractivity contribution in [2.75, 3.05) is 7.11 Å². The number of hydrogen-bond donors (Lipinski definition) is 1. The third-order valence-corrected chi connectivity index (χ3v) is 4.55. The Labute approximate surface area is 124 Å². The van der Waals surface area contributed by atoms with Crippen molar-refractivity contribution < 1.29 is 22.3 Å². The average molecular weight is 317 g/mol. The van der Waals surface area contributed by atoms with Crippen LogP contribution >= 0.6 is 0 Å². The van der Waals surface area contributed by atoms with Crippen LogP contribution < -0.4 is 4.72 Å². The van der Waals surface area contributed by atoms with Crippen LogP contribution in [-0.2, 0) is 19.6 Å². The normalized spacial score (nSPS) is 13.2. The molecule has 1 aromatic rings. The Kier molecular flexibility index (Phi) is 5.86. The quantitative estimate of drug-likeness (QED) is 0.815. The van der Waals surface area contributed by atoms with Gasteiger partial charge in [-0.2, -0.15) is 4.72 Å². The van der Waals surface area contributed by atoms with E-state index in [4.69, 9.17) is 0 Å². The fourth-order valence-electron chi connectivity index (χ4n) is 1.97. The van der Waals surface area contributed by atoms with Gasteiger partial charge >= 0.3 is 5.97 Å². The summed E-state index contributed by atoms with van der Waals surface area (Å²) in [5.41, 5.74) is 0.274. The molecule has 0 aliphatic carbocycles. The molecule has 0 saturated heterocycles. The molecule has 0 spiro atoms. The lowest BCUT2D eigenvalue weighted by atomic mass is 10.1. The number of hydrogen-bond acceptors (Lipinski definition) is 4. The number of halogens is 1. The van der Waals surface area contributed by atoms with E-state index < -0.39 is 27.9 Å². The van der Waals surface area contributed by atoms with E-state index in [1.165, 1.54) is 20.1 Å². The molecule has 0 aliphatic rings. The second kappa shape index (κ2) is 7.00. The summed E-state index contributed by atoms with van der Waals surface area (Å²) < 4.78 is 44.7. The molecule has 0 radical (unpaired) electrons. The van der Waals surface area contributed by atoms with Gasteiger partial charge in [0.15, 0.2) is 0 Å². The van der Waals surface area contributed by atoms with Crippen molar-refractivity contribution in [3.63, 3.8) is 0 Å². The molecule has 118 valence electrons. The molecule has 1 atom stereocenters. The first-order chi connectivity index (χ1) is 9.67. The molecule has 1 rings (SSSR count). The smallest absolute Gasteiger partial charge is 0.323 e. The third kappa shape index (κ3) is 4.78. The molecule has 1 N–H and O–H groups in total. The lowest BCUT2D eigenvalue weighted by molar-refractivity contribution is -0.143. The first-order valence-corrected chi connectivity index (χ1v) is 8.02. The number of carbonyl (C=O) groups excluding carboxylic acids is 1. The van der Waals surface area contributed by atoms with E-state index >= 15 is 0 Å². The molecule has 0 bridgehead atoms. The van der Waals surface area contributed by atoms with Gasteiger partial charge < -0.3 is 4.74 Å². The van der Waals surface area contributed by atoms with Crippen molar-refractivity contribution in [2.24, 2.45) is 5.92 Å². The molecule has 5 nitrogen and oxygen atoms in total. The topological polar surface area (TPSA) is 72.5 Å². The van der Waals surface area contributed by atoms with Gasteiger partial charge in [-0.05, 0) is 43.0 Å². The Balaban J connectivity index is 3.08. The number of ether oxygens (including phenoxy) is 1. The molecule has 0 saturated carbocycles. The van der Waals surface area contributed by atoms with Crippen LogP contribution in [0.1, 0.15) is 25.8 Å². The van der Waals surface area contributed by atoms with Gasteiger partial charge in [-0.15, -0.1) is 0 Å². The molecule has 0 fully saturated rings. The highest BCUT2D eigenvalue weighted by atomic mass is 32.2. The fraction of sp³-hybridized carbons (Fsp3) is 0.500. The first kappa shape index (κ1) is 17.6. The van der Waals surface area contributed by atoms with Crippen LogP contribution in [0, 0.1) is 18.7 Å². The lowest BCUT2D eigenvalue weighted by Crippen LogP contribution is -2.42. The molecular formula is C14H20FNO4S. The van der Waals surface area contributed by atoms with Gasteiger partial charge in [0, 0.05) is 0 Å². The zero-order valence-electron chi connectivity index (χ0n) is 12.5. The summed E-state index contributed by atoms with van der Waals surface area (Å²) in [4.78, 5) is 11.6. The maximum Gasteiger partial charge on any atom is 0.323 e. The summed E-state index contributed by atoms with van der Waals surface area (Å²) >= 11 is 0. The highest BCUT2D eigenvalue weighted by molar-refractivity contribution is 7.89. The predicted octanol–water partition coefficient (Wildman–Crippen LogP) is 2.00. The molecule has 0 aliphatic heterocycles. The van der Waals surface area contributed by atoms with E-state index in [2.05, 4.69) is 9.46 Å². The molecule has 7 heteroatoms. The van der Waals surface area contributed by atoms with E-state index in [0.717, 1.165) is 12.1 Å². The summed E-state index contributed by atoms with van der Waals surface area (Å²) in [5, 5.41) is 0. The Morgan fingerprint density at radius 3 is 2.48 bits per heavy atom. The molecule has 21 heavy (non-hydrogen) atoms. The molecular weight excluding hydrogens is 297 g/mol. The summed E-state index contributed by atoms with van der Waals surface area (Å²) in [6.45, 7) is 5.23. The fourth-order valence-corrected chi connectivity index (χ4v) is 3.40. The van der Waals surface area contributed by atoms with Gasteiger partial charge in [0.05, 0.1) is 12.0 Å². The predicted molar refractivity (Wildman–Crippen MR) is 76.7 cm³/mol. The van der Waals surface area contributed by atoms with Crippen molar-refractivity contribution >= 4 is 16.0 Å². The van der Waals surface area contributed by atoms with Crippen molar-refractivity contribution in [3.05, 3.63) is 29.6 Å². The molecule has 0 aromatic heterocycles. The maximum absolute atomic E-state index is 13.1. The lowest BCUT2D eigenvalue weighted by Gasteiger charge is -2.19. The standard InChI is InChI=1S/C14H20FNO4S/c1-9(2)7-12(14(17)20-4)16-21(18,19)13-6-5-11(15)8-10(13)3/h5-6,8-9,12,16H,7H2,1-4H3. The third-order valence-electron chi connectivity index (χ3n) is 2.92. The second-order valence-electron chi connectivity index (χ2n) is 5.24. The molecule has 0 heterocycles. The maximum atomic E-state index is 13.1. The van der Waals surface area contributed by atoms with Crippen LogP contribution in [0.3, 0.4) is 0 Å². The van der Waals surface area contributed by atoms with Crippen LogP contribution in [0.25, 0.3) is 0 Å². The average Bonchev–Trinajstić information content (AvgIpc) is 2.35. The monoisotopic (exact) mass is 317 g/mol. The summed E-state index contributed by atoms with van der Waals surface area (Å²) in [7, 11) is -2.72. The Morgan fingerprint density at radius 2 is 2.00 bits per heavy atom. The van der Waals surface area contributed by atoms with Crippen molar-refractivity contribution in [1.82, 2.24) is 4.72 Å². The molecule has 1 aromatic carbocycles. The van der Waals surface area contributed by atoms with Crippen molar-refractivity contribution in [1.29, 1.82) is 0 Å². The number of sulfonamides is 1. The summed E-state index contributed by atoms with van der Waals surface area (Å²) in [6.07, 6.45) is 0.312. The molecule has 0 amide bonds. The first-order valence-electron chi connectivity index (χ1n) is 6.53. The van der Waals surface area contributed by atoms with Gasteiger partial charge in [0.2, 0.25) is 10.0 Å². The number of carbonyl (C=O) groups is 1. The van der Waals surface area contributed by atoms with Crippen LogP contribution in [-0.4, -0.2) is 27.5 Å². The SMILES string of the molecule is COC(=O)C(CC(C)C)NS(=O)(=O)c1ccc(F)cc1C. The zero-order chi connectivity index (χ0) is 16.2. The van der Waals surface area contributed by atoms with Gasteiger partial charge in [-0.1, -0.05) is 13.8 Å². The minimum atomic E-state index is -3.93. The number of methoxy groups -OCH3 is 1. The number of benzene rings is 1. The van der Waals surface area contributed by atoms with E-state index in [9.17, 15) is 17.6 Å². The van der Waals surface area contributed by atoms with E-state index in [-0.39, 0.29) is 16.4 Å². The number of nitrogens with one attached hydrogen (secondary N) is 1. The van der Waals surface area contributed by atoms with Crippen LogP contribution in [0.2, 0.25) is 0 Å². The van der Waals surface area contributed by atoms with Crippen LogP contribution in [0.5, 0.6) is 0 Å². The largest absolute Gasteiger partial charge is 0.468 e. The summed E-state index contributed by atoms with van der Waals surface area (Å²) in [6, 6.07) is 2.40. The van der Waals surface area contributed by atoms with Crippen LogP contribution in [0.15, 0.2) is 23.1 Å². The minimum absolute atomic E-state index is 0.0541. The number of aryl methyl sites for hydroxylation is 1. The van der Waals surface area contributed by atoms with E-state index in [1.807, 2.05) is 13.8 Å². The Hall–Kier alpha value is -1.47. The Bertz CT molecular complexity index is 613. The molecule has 1 unspecified atom stereocenters. The number of esters is 1. The van der Waals surface area contributed by atoms with Gasteiger partial charge in [-0.25, -0.2) is 12.8 Å². The number of rotatable bonds is 6. The highest BCUT2D eigenvalue weighted by Gasteiger charge is 2.28. The second-order valence-corrected chi connectivity index (χ2v) is 6.92. The van der Waals surface area contributed by atoms with E-state index in [0.29, 0.717) is 6.42 Å². The van der Waals surface area contributed by atoms with Gasteiger partial charge in [0.1, 0.15) is 11.9 Å². The van der Waals surface area contributed by atoms with Crippen molar-refractivity contribution in [2.45, 2.75) is 38.1 Å². The van der Waals surface area contributed by atoms with Crippen molar-refractivity contribution in [3.8, 4) is 0 Å². The Morgan fingerprint density at radius 1 is 1.38 bits per heavy atom. The van der Waals surface area contributed by atoms with E-state index in [1.54, 1.807) is 0 Å². The zero-order valence-corrected chi connectivity index (χ0v) is 13.3. The van der Waals surface area contributed by atoms with Gasteiger partial charge in [-0.3, -0.25) is 4.79 Å². The highest BCUT2D eigenvalue weighted by Crippen LogP contribution is 2.18.